The van der Waals surface area contributed by atoms with E-state index in [1.54, 1.807) is 7.05 Å². The highest BCUT2D eigenvalue weighted by Crippen LogP contribution is 2.17. The summed E-state index contributed by atoms with van der Waals surface area (Å²) in [5, 5.41) is 3.16. The molecule has 6 heteroatoms. The van der Waals surface area contributed by atoms with Crippen molar-refractivity contribution in [2.24, 2.45) is 0 Å². The lowest BCUT2D eigenvalue weighted by Gasteiger charge is -2.24. The van der Waals surface area contributed by atoms with E-state index in [4.69, 9.17) is 4.74 Å². The fourth-order valence-electron chi connectivity index (χ4n) is 2.03. The molecule has 0 aliphatic rings. The molecule has 1 rings (SSSR count). The maximum atomic E-state index is 13.7. The molecule has 0 fully saturated rings. The zero-order chi connectivity index (χ0) is 17.6. The number of ether oxygens (including phenoxy) is 1. The fourth-order valence-corrected chi connectivity index (χ4v) is 2.03. The first kappa shape index (κ1) is 19.4. The van der Waals surface area contributed by atoms with E-state index >= 15 is 0 Å². The predicted molar refractivity (Wildman–Crippen MR) is 86.3 cm³/mol. The van der Waals surface area contributed by atoms with E-state index in [9.17, 15) is 13.6 Å². The van der Waals surface area contributed by atoms with Gasteiger partial charge < -0.3 is 15.0 Å². The Balaban J connectivity index is 2.35. The molecule has 1 aromatic rings. The average molecular weight is 328 g/mol. The summed E-state index contributed by atoms with van der Waals surface area (Å²) in [6, 6.07) is 3.33. The third-order valence-corrected chi connectivity index (χ3v) is 3.25. The number of carbonyl (C=O) groups excluding carboxylic acids is 1. The molecule has 0 heterocycles. The predicted octanol–water partition coefficient (Wildman–Crippen LogP) is 3.87. The van der Waals surface area contributed by atoms with E-state index in [0.717, 1.165) is 6.07 Å². The Morgan fingerprint density at radius 3 is 2.57 bits per heavy atom. The highest BCUT2D eigenvalue weighted by Gasteiger charge is 2.19. The minimum Gasteiger partial charge on any atom is -0.444 e. The van der Waals surface area contributed by atoms with Crippen molar-refractivity contribution in [1.29, 1.82) is 0 Å². The first-order valence-electron chi connectivity index (χ1n) is 7.72. The van der Waals surface area contributed by atoms with Crippen LogP contribution in [-0.2, 0) is 4.74 Å². The van der Waals surface area contributed by atoms with Gasteiger partial charge in [0.1, 0.15) is 17.2 Å². The number of hydrogen-bond donors (Lipinski definition) is 1. The Bertz CT molecular complexity index is 530. The smallest absolute Gasteiger partial charge is 0.410 e. The molecule has 0 spiro atoms. The second-order valence-electron chi connectivity index (χ2n) is 6.60. The lowest BCUT2D eigenvalue weighted by molar-refractivity contribution is 0.0297. The maximum absolute atomic E-state index is 13.7. The van der Waals surface area contributed by atoms with Crippen LogP contribution in [0.1, 0.15) is 45.7 Å². The van der Waals surface area contributed by atoms with Crippen LogP contribution < -0.4 is 5.32 Å². The van der Waals surface area contributed by atoms with Crippen LogP contribution >= 0.6 is 0 Å². The van der Waals surface area contributed by atoms with E-state index in [1.165, 1.54) is 17.0 Å². The van der Waals surface area contributed by atoms with Crippen molar-refractivity contribution in [3.63, 3.8) is 0 Å². The molecule has 1 unspecified atom stereocenters. The molecule has 0 aliphatic heterocycles. The molecule has 0 aromatic heterocycles. The molecule has 4 nitrogen and oxygen atoms in total. The molecule has 1 aromatic carbocycles. The van der Waals surface area contributed by atoms with Crippen LogP contribution in [0.25, 0.3) is 0 Å². The van der Waals surface area contributed by atoms with Gasteiger partial charge in [0.15, 0.2) is 0 Å². The molecule has 1 amide bonds. The highest BCUT2D eigenvalue weighted by atomic mass is 19.1. The molecular weight excluding hydrogens is 302 g/mol. The van der Waals surface area contributed by atoms with E-state index < -0.39 is 17.2 Å². The number of nitrogens with one attached hydrogen (secondary N) is 1. The largest absolute Gasteiger partial charge is 0.444 e. The van der Waals surface area contributed by atoms with Gasteiger partial charge in [0.25, 0.3) is 0 Å². The number of carbonyl (C=O) groups is 1. The zero-order valence-electron chi connectivity index (χ0n) is 14.5. The maximum Gasteiger partial charge on any atom is 0.410 e. The highest BCUT2D eigenvalue weighted by molar-refractivity contribution is 5.67. The van der Waals surface area contributed by atoms with Crippen molar-refractivity contribution in [2.45, 2.75) is 45.8 Å². The van der Waals surface area contributed by atoms with Crippen molar-refractivity contribution in [3.05, 3.63) is 35.4 Å². The van der Waals surface area contributed by atoms with E-state index in [2.05, 4.69) is 5.32 Å². The zero-order valence-corrected chi connectivity index (χ0v) is 14.5. The third kappa shape index (κ3) is 6.95. The minimum atomic E-state index is -0.586. The Labute approximate surface area is 136 Å². The topological polar surface area (TPSA) is 41.6 Å². The SMILES string of the molecule is CC(NCCCN(C)C(=O)OC(C)(C)C)c1ccc(F)cc1F. The van der Waals surface area contributed by atoms with E-state index in [1.807, 2.05) is 27.7 Å². The lowest BCUT2D eigenvalue weighted by atomic mass is 10.1. The summed E-state index contributed by atoms with van der Waals surface area (Å²) in [6.45, 7) is 8.40. The molecule has 23 heavy (non-hydrogen) atoms. The molecule has 1 atom stereocenters. The van der Waals surface area contributed by atoms with Crippen LogP contribution in [0.2, 0.25) is 0 Å². The molecular formula is C17H26F2N2O2. The van der Waals surface area contributed by atoms with Gasteiger partial charge >= 0.3 is 6.09 Å². The van der Waals surface area contributed by atoms with Gasteiger partial charge in [-0.1, -0.05) is 6.07 Å². The summed E-state index contributed by atoms with van der Waals surface area (Å²) in [6.07, 6.45) is 0.332. The van der Waals surface area contributed by atoms with Crippen molar-refractivity contribution in [3.8, 4) is 0 Å². The summed E-state index contributed by atoms with van der Waals surface area (Å²) >= 11 is 0. The molecule has 0 aliphatic carbocycles. The number of nitrogens with zero attached hydrogens (tertiary/aromatic N) is 1. The lowest BCUT2D eigenvalue weighted by Crippen LogP contribution is -2.35. The number of rotatable bonds is 6. The van der Waals surface area contributed by atoms with Gasteiger partial charge in [-0.2, -0.15) is 0 Å². The minimum absolute atomic E-state index is 0.234. The summed E-state index contributed by atoms with van der Waals surface area (Å²) in [4.78, 5) is 13.3. The molecule has 0 bridgehead atoms. The van der Waals surface area contributed by atoms with Gasteiger partial charge in [-0.25, -0.2) is 13.6 Å². The first-order valence-corrected chi connectivity index (χ1v) is 7.72. The fraction of sp³-hybridized carbons (Fsp3) is 0.588. The second-order valence-corrected chi connectivity index (χ2v) is 6.60. The van der Waals surface area contributed by atoms with Gasteiger partial charge in [-0.3, -0.25) is 0 Å². The summed E-state index contributed by atoms with van der Waals surface area (Å²) < 4.78 is 31.8. The number of benzene rings is 1. The third-order valence-electron chi connectivity index (χ3n) is 3.25. The van der Waals surface area contributed by atoms with Gasteiger partial charge in [0.05, 0.1) is 0 Å². The monoisotopic (exact) mass is 328 g/mol. The second kappa shape index (κ2) is 8.24. The normalized spacial score (nSPS) is 12.8. The summed E-state index contributed by atoms with van der Waals surface area (Å²) in [5.41, 5.74) is -0.0926. The van der Waals surface area contributed by atoms with E-state index in [-0.39, 0.29) is 12.1 Å². The van der Waals surface area contributed by atoms with Crippen LogP contribution in [0.3, 0.4) is 0 Å². The van der Waals surface area contributed by atoms with Gasteiger partial charge in [0, 0.05) is 31.3 Å². The van der Waals surface area contributed by atoms with Crippen molar-refractivity contribution < 1.29 is 18.3 Å². The van der Waals surface area contributed by atoms with Gasteiger partial charge in [0.2, 0.25) is 0 Å². The van der Waals surface area contributed by atoms with Crippen LogP contribution in [0, 0.1) is 11.6 Å². The number of amides is 1. The first-order chi connectivity index (χ1) is 10.6. The van der Waals surface area contributed by atoms with Crippen LogP contribution in [0.5, 0.6) is 0 Å². The molecule has 130 valence electrons. The van der Waals surface area contributed by atoms with Crippen molar-refractivity contribution in [2.75, 3.05) is 20.1 Å². The van der Waals surface area contributed by atoms with Gasteiger partial charge in [-0.15, -0.1) is 0 Å². The Hall–Kier alpha value is -1.69. The van der Waals surface area contributed by atoms with Crippen LogP contribution in [0.15, 0.2) is 18.2 Å². The van der Waals surface area contributed by atoms with Gasteiger partial charge in [-0.05, 0) is 46.7 Å². The quantitative estimate of drug-likeness (QED) is 0.806. The Morgan fingerprint density at radius 1 is 1.35 bits per heavy atom. The Morgan fingerprint density at radius 2 is 2.00 bits per heavy atom. The Kier molecular flexibility index (Phi) is 6.94. The van der Waals surface area contributed by atoms with Crippen LogP contribution in [0.4, 0.5) is 13.6 Å². The standard InChI is InChI=1S/C17H26F2N2O2/c1-12(14-8-7-13(18)11-15(14)19)20-9-6-10-21(5)16(22)23-17(2,3)4/h7-8,11-12,20H,6,9-10H2,1-5H3. The molecule has 1 N–H and O–H groups in total. The molecule has 0 radical (unpaired) electrons. The average Bonchev–Trinajstić information content (AvgIpc) is 2.41. The molecule has 0 saturated heterocycles. The van der Waals surface area contributed by atoms with Crippen molar-refractivity contribution in [1.82, 2.24) is 10.2 Å². The van der Waals surface area contributed by atoms with E-state index in [0.29, 0.717) is 25.1 Å². The summed E-state index contributed by atoms with van der Waals surface area (Å²) in [7, 11) is 1.68. The summed E-state index contributed by atoms with van der Waals surface area (Å²) in [5.74, 6) is -1.15. The number of hydrogen-bond acceptors (Lipinski definition) is 3. The van der Waals surface area contributed by atoms with Crippen molar-refractivity contribution >= 4 is 6.09 Å². The van der Waals surface area contributed by atoms with Crippen LogP contribution in [-0.4, -0.2) is 36.7 Å². The molecule has 0 saturated carbocycles. The number of halogens is 2.